The van der Waals surface area contributed by atoms with E-state index in [-0.39, 0.29) is 0 Å². The molecular formula is C15H20NO. The van der Waals surface area contributed by atoms with Crippen LogP contribution in [0.4, 0.5) is 0 Å². The van der Waals surface area contributed by atoms with Crippen LogP contribution in [0.2, 0.25) is 0 Å². The van der Waals surface area contributed by atoms with E-state index >= 15 is 0 Å². The van der Waals surface area contributed by atoms with Crippen LogP contribution in [0.1, 0.15) is 18.4 Å². The first-order valence-corrected chi connectivity index (χ1v) is 6.23. The normalized spacial score (nSPS) is 17.5. The molecule has 1 aliphatic heterocycles. The third-order valence-electron chi connectivity index (χ3n) is 3.04. The molecule has 0 spiro atoms. The van der Waals surface area contributed by atoms with Gasteiger partial charge in [0, 0.05) is 13.1 Å². The first kappa shape index (κ1) is 12.2. The minimum absolute atomic E-state index is 0.915. The Hall–Kier alpha value is -1.28. The minimum Gasteiger partial charge on any atom is -0.497 e. The number of nitrogens with zero attached hydrogens (tertiary/aromatic N) is 1. The molecule has 1 aromatic rings. The third-order valence-corrected chi connectivity index (χ3v) is 3.04. The van der Waals surface area contributed by atoms with Crippen LogP contribution in [0.15, 0.2) is 30.3 Å². The van der Waals surface area contributed by atoms with E-state index < -0.39 is 0 Å². The average molecular weight is 230 g/mol. The van der Waals surface area contributed by atoms with Crippen molar-refractivity contribution in [1.82, 2.24) is 4.90 Å². The molecule has 0 N–H and O–H groups in total. The maximum Gasteiger partial charge on any atom is 0.119 e. The highest BCUT2D eigenvalue weighted by atomic mass is 16.5. The molecule has 1 radical (unpaired) electrons. The monoisotopic (exact) mass is 230 g/mol. The second-order valence-electron chi connectivity index (χ2n) is 4.37. The van der Waals surface area contributed by atoms with Crippen LogP contribution in [0.3, 0.4) is 0 Å². The Labute approximate surface area is 104 Å². The van der Waals surface area contributed by atoms with Crippen molar-refractivity contribution in [2.75, 3.05) is 26.7 Å². The first-order chi connectivity index (χ1) is 8.38. The molecule has 2 rings (SSSR count). The number of benzene rings is 1. The number of rotatable bonds is 4. The van der Waals surface area contributed by atoms with Crippen LogP contribution in [-0.2, 0) is 0 Å². The van der Waals surface area contributed by atoms with Crippen molar-refractivity contribution in [2.24, 2.45) is 0 Å². The molecule has 1 fully saturated rings. The number of hydrogen-bond donors (Lipinski definition) is 0. The van der Waals surface area contributed by atoms with E-state index in [0.717, 1.165) is 18.8 Å². The van der Waals surface area contributed by atoms with Crippen LogP contribution in [0.25, 0.3) is 6.08 Å². The van der Waals surface area contributed by atoms with Gasteiger partial charge in [-0.15, -0.1) is 0 Å². The Morgan fingerprint density at radius 1 is 1.41 bits per heavy atom. The van der Waals surface area contributed by atoms with Gasteiger partial charge >= 0.3 is 0 Å². The van der Waals surface area contributed by atoms with Gasteiger partial charge in [-0.05, 0) is 43.5 Å². The Morgan fingerprint density at radius 2 is 2.35 bits per heavy atom. The van der Waals surface area contributed by atoms with Crippen LogP contribution < -0.4 is 4.74 Å². The van der Waals surface area contributed by atoms with E-state index in [0.29, 0.717) is 0 Å². The first-order valence-electron chi connectivity index (χ1n) is 6.23. The van der Waals surface area contributed by atoms with Crippen LogP contribution in [-0.4, -0.2) is 31.6 Å². The highest BCUT2D eigenvalue weighted by Gasteiger charge is 2.07. The van der Waals surface area contributed by atoms with Gasteiger partial charge in [0.25, 0.3) is 0 Å². The maximum atomic E-state index is 5.20. The van der Waals surface area contributed by atoms with E-state index in [1.54, 1.807) is 7.11 Å². The molecular weight excluding hydrogens is 210 g/mol. The smallest absolute Gasteiger partial charge is 0.119 e. The summed E-state index contributed by atoms with van der Waals surface area (Å²) < 4.78 is 5.20. The van der Waals surface area contributed by atoms with Crippen LogP contribution in [0.5, 0.6) is 5.75 Å². The van der Waals surface area contributed by atoms with Gasteiger partial charge in [0.1, 0.15) is 5.75 Å². The molecule has 0 saturated carbocycles. The summed E-state index contributed by atoms with van der Waals surface area (Å²) >= 11 is 0. The lowest BCUT2D eigenvalue weighted by Gasteiger charge is -2.24. The Bertz CT molecular complexity index is 367. The summed E-state index contributed by atoms with van der Waals surface area (Å²) in [6.07, 6.45) is 9.33. The predicted molar refractivity (Wildman–Crippen MR) is 72.0 cm³/mol. The highest BCUT2D eigenvalue weighted by Crippen LogP contribution is 2.14. The molecule has 0 unspecified atom stereocenters. The van der Waals surface area contributed by atoms with Gasteiger partial charge in [0.2, 0.25) is 0 Å². The van der Waals surface area contributed by atoms with Gasteiger partial charge in [-0.1, -0.05) is 24.3 Å². The standard InChI is InChI=1S/C15H20NO/c1-17-15-9-5-7-14(13-15)8-6-12-16-10-3-2-4-11-16/h3,5-9,13H,2,4,10-12H2,1H3. The van der Waals surface area contributed by atoms with E-state index in [9.17, 15) is 0 Å². The maximum absolute atomic E-state index is 5.20. The topological polar surface area (TPSA) is 12.5 Å². The summed E-state index contributed by atoms with van der Waals surface area (Å²) in [5, 5.41) is 0. The fraction of sp³-hybridized carbons (Fsp3) is 0.400. The molecule has 1 aromatic carbocycles. The Kier molecular flexibility index (Phi) is 4.63. The van der Waals surface area contributed by atoms with E-state index in [1.165, 1.54) is 24.9 Å². The summed E-state index contributed by atoms with van der Waals surface area (Å²) in [5.74, 6) is 0.915. The van der Waals surface area contributed by atoms with Crippen molar-refractivity contribution in [3.05, 3.63) is 42.3 Å². The van der Waals surface area contributed by atoms with Gasteiger partial charge in [-0.2, -0.15) is 0 Å². The molecule has 91 valence electrons. The molecule has 1 aliphatic rings. The van der Waals surface area contributed by atoms with Gasteiger partial charge < -0.3 is 4.74 Å². The minimum atomic E-state index is 0.915. The van der Waals surface area contributed by atoms with Crippen molar-refractivity contribution < 1.29 is 4.74 Å². The second kappa shape index (κ2) is 6.45. The Balaban J connectivity index is 1.86. The molecule has 1 heterocycles. The van der Waals surface area contributed by atoms with E-state index in [4.69, 9.17) is 4.74 Å². The lowest BCUT2D eigenvalue weighted by molar-refractivity contribution is 0.290. The fourth-order valence-electron chi connectivity index (χ4n) is 2.07. The van der Waals surface area contributed by atoms with Crippen molar-refractivity contribution in [2.45, 2.75) is 12.8 Å². The number of ether oxygens (including phenoxy) is 1. The van der Waals surface area contributed by atoms with Gasteiger partial charge in [-0.3, -0.25) is 4.90 Å². The SMILES string of the molecule is COc1cccc(C=CCN2C[CH]CCC2)c1. The van der Waals surface area contributed by atoms with E-state index in [2.05, 4.69) is 35.6 Å². The zero-order chi connectivity index (χ0) is 11.9. The molecule has 0 aromatic heterocycles. The summed E-state index contributed by atoms with van der Waals surface area (Å²) in [4.78, 5) is 2.46. The third kappa shape index (κ3) is 3.90. The van der Waals surface area contributed by atoms with Crippen LogP contribution >= 0.6 is 0 Å². The van der Waals surface area contributed by atoms with Crippen molar-refractivity contribution in [3.8, 4) is 5.75 Å². The molecule has 0 amide bonds. The molecule has 0 aliphatic carbocycles. The lowest BCUT2D eigenvalue weighted by Crippen LogP contribution is -2.29. The van der Waals surface area contributed by atoms with Gasteiger partial charge in [0.05, 0.1) is 7.11 Å². The van der Waals surface area contributed by atoms with Gasteiger partial charge in [0.15, 0.2) is 0 Å². The zero-order valence-corrected chi connectivity index (χ0v) is 10.4. The van der Waals surface area contributed by atoms with E-state index in [1.807, 2.05) is 12.1 Å². The second-order valence-corrected chi connectivity index (χ2v) is 4.37. The van der Waals surface area contributed by atoms with Crippen molar-refractivity contribution in [1.29, 1.82) is 0 Å². The average Bonchev–Trinajstić information content (AvgIpc) is 2.40. The predicted octanol–water partition coefficient (Wildman–Crippen LogP) is 3.01. The number of piperidine rings is 1. The number of likely N-dealkylation sites (tertiary alicyclic amines) is 1. The quantitative estimate of drug-likeness (QED) is 0.788. The molecule has 0 bridgehead atoms. The van der Waals surface area contributed by atoms with Crippen LogP contribution in [0, 0.1) is 6.42 Å². The largest absolute Gasteiger partial charge is 0.497 e. The summed E-state index contributed by atoms with van der Waals surface area (Å²) in [5.41, 5.74) is 1.20. The zero-order valence-electron chi connectivity index (χ0n) is 10.4. The van der Waals surface area contributed by atoms with Crippen molar-refractivity contribution in [3.63, 3.8) is 0 Å². The lowest BCUT2D eigenvalue weighted by atomic mass is 10.1. The summed E-state index contributed by atoms with van der Waals surface area (Å²) in [6, 6.07) is 8.14. The molecule has 2 heteroatoms. The molecule has 1 saturated heterocycles. The number of hydrogen-bond acceptors (Lipinski definition) is 2. The summed E-state index contributed by atoms with van der Waals surface area (Å²) in [6.45, 7) is 3.38. The number of methoxy groups -OCH3 is 1. The molecule has 0 atom stereocenters. The Morgan fingerprint density at radius 3 is 3.12 bits per heavy atom. The summed E-state index contributed by atoms with van der Waals surface area (Å²) in [7, 11) is 1.70. The van der Waals surface area contributed by atoms with Crippen molar-refractivity contribution >= 4 is 6.08 Å². The molecule has 2 nitrogen and oxygen atoms in total. The highest BCUT2D eigenvalue weighted by molar-refractivity contribution is 5.51. The fourth-order valence-corrected chi connectivity index (χ4v) is 2.07. The van der Waals surface area contributed by atoms with Gasteiger partial charge in [-0.25, -0.2) is 0 Å². The molecule has 17 heavy (non-hydrogen) atoms.